The van der Waals surface area contributed by atoms with Crippen molar-refractivity contribution in [3.63, 3.8) is 0 Å². The number of nitrogens with zero attached hydrogens (tertiary/aromatic N) is 1. The van der Waals surface area contributed by atoms with Crippen molar-refractivity contribution in [3.05, 3.63) is 70.9 Å². The fourth-order valence-electron chi connectivity index (χ4n) is 2.67. The number of amides is 1. The molecule has 0 aliphatic carbocycles. The third-order valence-corrected chi connectivity index (χ3v) is 4.28. The molecule has 0 spiro atoms. The number of nitrogens with one attached hydrogen (secondary N) is 2. The summed E-state index contributed by atoms with van der Waals surface area (Å²) in [6.45, 7) is 1.95. The van der Waals surface area contributed by atoms with Crippen LogP contribution in [0, 0.1) is 6.92 Å². The smallest absolute Gasteiger partial charge is 0.255 e. The molecule has 0 saturated heterocycles. The fraction of sp³-hybridized carbons (Fsp3) is 0.143. The molecule has 7 heteroatoms. The Morgan fingerprint density at radius 3 is 2.43 bits per heavy atom. The largest absolute Gasteiger partial charge is 0.495 e. The second kappa shape index (κ2) is 8.63. The monoisotopic (exact) mass is 397 g/mol. The van der Waals surface area contributed by atoms with Crippen molar-refractivity contribution in [2.45, 2.75) is 6.92 Å². The lowest BCUT2D eigenvalue weighted by molar-refractivity contribution is 0.102. The number of ether oxygens (including phenoxy) is 2. The Hall–Kier alpha value is -3.25. The number of hydrogen-bond acceptors (Lipinski definition) is 5. The zero-order valence-corrected chi connectivity index (χ0v) is 16.5. The predicted octanol–water partition coefficient (Wildman–Crippen LogP) is 5.06. The van der Waals surface area contributed by atoms with Gasteiger partial charge in [-0.1, -0.05) is 17.7 Å². The van der Waals surface area contributed by atoms with Crippen LogP contribution in [0.15, 0.2) is 54.7 Å². The maximum atomic E-state index is 12.7. The van der Waals surface area contributed by atoms with Crippen LogP contribution in [-0.4, -0.2) is 25.1 Å². The van der Waals surface area contributed by atoms with E-state index in [1.807, 2.05) is 25.1 Å². The molecule has 0 saturated carbocycles. The summed E-state index contributed by atoms with van der Waals surface area (Å²) in [4.78, 5) is 17.0. The molecule has 1 amide bonds. The van der Waals surface area contributed by atoms with Crippen molar-refractivity contribution >= 4 is 34.7 Å². The zero-order valence-electron chi connectivity index (χ0n) is 15.7. The Morgan fingerprint density at radius 1 is 0.964 bits per heavy atom. The number of methoxy groups -OCH3 is 2. The maximum absolute atomic E-state index is 12.7. The summed E-state index contributed by atoms with van der Waals surface area (Å²) in [5.41, 5.74) is 2.72. The average Bonchev–Trinajstić information content (AvgIpc) is 2.68. The van der Waals surface area contributed by atoms with E-state index >= 15 is 0 Å². The highest BCUT2D eigenvalue weighted by Gasteiger charge is 2.12. The first-order valence-corrected chi connectivity index (χ1v) is 8.90. The molecule has 0 fully saturated rings. The number of rotatable bonds is 6. The van der Waals surface area contributed by atoms with E-state index in [1.54, 1.807) is 50.7 Å². The van der Waals surface area contributed by atoms with E-state index in [0.29, 0.717) is 39.3 Å². The van der Waals surface area contributed by atoms with E-state index in [-0.39, 0.29) is 5.91 Å². The van der Waals surface area contributed by atoms with E-state index in [2.05, 4.69) is 15.6 Å². The third kappa shape index (κ3) is 4.53. The van der Waals surface area contributed by atoms with Crippen LogP contribution in [0.1, 0.15) is 15.9 Å². The van der Waals surface area contributed by atoms with Crippen molar-refractivity contribution < 1.29 is 14.3 Å². The molecular formula is C21H20ClN3O3. The van der Waals surface area contributed by atoms with Crippen LogP contribution in [0.3, 0.4) is 0 Å². The Morgan fingerprint density at radius 2 is 1.68 bits per heavy atom. The normalized spacial score (nSPS) is 10.3. The lowest BCUT2D eigenvalue weighted by Crippen LogP contribution is -2.13. The number of halogens is 1. The maximum Gasteiger partial charge on any atom is 0.255 e. The summed E-state index contributed by atoms with van der Waals surface area (Å²) in [5.74, 6) is 1.43. The van der Waals surface area contributed by atoms with Gasteiger partial charge in [0.2, 0.25) is 0 Å². The number of benzene rings is 2. The van der Waals surface area contributed by atoms with Crippen LogP contribution in [0.4, 0.5) is 17.2 Å². The molecule has 6 nitrogen and oxygen atoms in total. The van der Waals surface area contributed by atoms with Crippen molar-refractivity contribution in [2.75, 3.05) is 24.9 Å². The third-order valence-electron chi connectivity index (χ3n) is 4.05. The standard InChI is InChI=1S/C21H20ClN3O3/c1-13-4-6-18(27-2)16(10-13)25-21(26)14-8-9-23-20(11-14)24-17-12-15(22)5-7-19(17)28-3/h4-12H,1-3H3,(H,23,24)(H,25,26). The van der Waals surface area contributed by atoms with Crippen LogP contribution >= 0.6 is 11.6 Å². The number of aromatic nitrogens is 1. The second-order valence-corrected chi connectivity index (χ2v) is 6.49. The minimum Gasteiger partial charge on any atom is -0.495 e. The number of pyridine rings is 1. The van der Waals surface area contributed by atoms with Crippen molar-refractivity contribution in [1.29, 1.82) is 0 Å². The molecule has 1 heterocycles. The predicted molar refractivity (Wildman–Crippen MR) is 111 cm³/mol. The lowest BCUT2D eigenvalue weighted by atomic mass is 10.2. The van der Waals surface area contributed by atoms with Gasteiger partial charge in [0.25, 0.3) is 5.91 Å². The van der Waals surface area contributed by atoms with Crippen molar-refractivity contribution in [2.24, 2.45) is 0 Å². The van der Waals surface area contributed by atoms with Gasteiger partial charge in [-0.3, -0.25) is 4.79 Å². The molecule has 3 aromatic rings. The SMILES string of the molecule is COc1ccc(C)cc1NC(=O)c1ccnc(Nc2cc(Cl)ccc2OC)c1. The fourth-order valence-corrected chi connectivity index (χ4v) is 2.84. The van der Waals surface area contributed by atoms with Crippen molar-refractivity contribution in [1.82, 2.24) is 4.98 Å². The summed E-state index contributed by atoms with van der Waals surface area (Å²) < 4.78 is 10.6. The van der Waals surface area contributed by atoms with E-state index in [0.717, 1.165) is 5.56 Å². The number of carbonyl (C=O) groups is 1. The first-order chi connectivity index (χ1) is 13.5. The molecule has 3 rings (SSSR count). The van der Waals surface area contributed by atoms with Gasteiger partial charge in [-0.15, -0.1) is 0 Å². The molecule has 0 aliphatic rings. The molecule has 2 aromatic carbocycles. The first kappa shape index (κ1) is 19.5. The van der Waals surface area contributed by atoms with Crippen LogP contribution in [0.5, 0.6) is 11.5 Å². The molecule has 2 N–H and O–H groups in total. The molecule has 0 aliphatic heterocycles. The molecule has 28 heavy (non-hydrogen) atoms. The second-order valence-electron chi connectivity index (χ2n) is 6.06. The number of aryl methyl sites for hydroxylation is 1. The molecular weight excluding hydrogens is 378 g/mol. The van der Waals surface area contributed by atoms with Crippen molar-refractivity contribution in [3.8, 4) is 11.5 Å². The summed E-state index contributed by atoms with van der Waals surface area (Å²) >= 11 is 6.06. The Kier molecular flexibility index (Phi) is 6.01. The Balaban J connectivity index is 1.83. The van der Waals surface area contributed by atoms with Gasteiger partial charge in [0.05, 0.1) is 25.6 Å². The lowest BCUT2D eigenvalue weighted by Gasteiger charge is -2.13. The summed E-state index contributed by atoms with van der Waals surface area (Å²) in [6.07, 6.45) is 1.56. The highest BCUT2D eigenvalue weighted by molar-refractivity contribution is 6.31. The van der Waals surface area contributed by atoms with Crippen LogP contribution in [0.2, 0.25) is 5.02 Å². The van der Waals surface area contributed by atoms with E-state index in [1.165, 1.54) is 0 Å². The van der Waals surface area contributed by atoms with Gasteiger partial charge in [-0.25, -0.2) is 4.98 Å². The van der Waals surface area contributed by atoms with Crippen LogP contribution in [-0.2, 0) is 0 Å². The van der Waals surface area contributed by atoms with Crippen LogP contribution < -0.4 is 20.1 Å². The number of carbonyl (C=O) groups excluding carboxylic acids is 1. The van der Waals surface area contributed by atoms with Gasteiger partial charge in [0.1, 0.15) is 17.3 Å². The molecule has 0 bridgehead atoms. The Labute approximate surface area is 168 Å². The van der Waals surface area contributed by atoms with Gasteiger partial charge >= 0.3 is 0 Å². The van der Waals surface area contributed by atoms with E-state index in [4.69, 9.17) is 21.1 Å². The summed E-state index contributed by atoms with van der Waals surface area (Å²) in [5, 5.41) is 6.56. The van der Waals surface area contributed by atoms with E-state index < -0.39 is 0 Å². The molecule has 144 valence electrons. The zero-order chi connectivity index (χ0) is 20.1. The van der Waals surface area contributed by atoms with Gasteiger partial charge in [0, 0.05) is 16.8 Å². The molecule has 0 radical (unpaired) electrons. The average molecular weight is 398 g/mol. The first-order valence-electron chi connectivity index (χ1n) is 8.53. The van der Waals surface area contributed by atoms with Crippen LogP contribution in [0.25, 0.3) is 0 Å². The minimum atomic E-state index is -0.271. The van der Waals surface area contributed by atoms with Gasteiger partial charge in [0.15, 0.2) is 0 Å². The highest BCUT2D eigenvalue weighted by Crippen LogP contribution is 2.30. The molecule has 0 unspecified atom stereocenters. The van der Waals surface area contributed by atoms with Gasteiger partial charge < -0.3 is 20.1 Å². The molecule has 0 atom stereocenters. The topological polar surface area (TPSA) is 72.5 Å². The quantitative estimate of drug-likeness (QED) is 0.608. The highest BCUT2D eigenvalue weighted by atomic mass is 35.5. The van der Waals surface area contributed by atoms with Gasteiger partial charge in [-0.05, 0) is 55.0 Å². The summed E-state index contributed by atoms with van der Waals surface area (Å²) in [7, 11) is 3.13. The number of anilines is 3. The Bertz CT molecular complexity index is 1010. The minimum absolute atomic E-state index is 0.271. The number of hydrogen-bond donors (Lipinski definition) is 2. The van der Waals surface area contributed by atoms with Gasteiger partial charge in [-0.2, -0.15) is 0 Å². The summed E-state index contributed by atoms with van der Waals surface area (Å²) in [6, 6.07) is 14.1. The van der Waals surface area contributed by atoms with E-state index in [9.17, 15) is 4.79 Å². The molecule has 1 aromatic heterocycles.